The van der Waals surface area contributed by atoms with E-state index < -0.39 is 0 Å². The van der Waals surface area contributed by atoms with Crippen LogP contribution in [0.2, 0.25) is 5.02 Å². The van der Waals surface area contributed by atoms with Crippen molar-refractivity contribution in [1.82, 2.24) is 9.88 Å². The van der Waals surface area contributed by atoms with E-state index in [0.717, 1.165) is 40.5 Å². The van der Waals surface area contributed by atoms with Crippen molar-refractivity contribution in [2.45, 2.75) is 17.9 Å². The number of hydrogen-bond donors (Lipinski definition) is 0. The molecule has 5 rings (SSSR count). The second-order valence-corrected chi connectivity index (χ2v) is 9.13. The van der Waals surface area contributed by atoms with E-state index in [0.29, 0.717) is 35.6 Å². The second kappa shape index (κ2) is 8.92. The highest BCUT2D eigenvalue weighted by molar-refractivity contribution is 7.98. The van der Waals surface area contributed by atoms with Gasteiger partial charge in [0.2, 0.25) is 0 Å². The highest BCUT2D eigenvalue weighted by atomic mass is 35.5. The number of anilines is 1. The average Bonchev–Trinajstić information content (AvgIpc) is 3.44. The number of rotatable bonds is 5. The van der Waals surface area contributed by atoms with Crippen LogP contribution in [0.25, 0.3) is 11.1 Å². The molecule has 0 atom stereocenters. The quantitative estimate of drug-likeness (QED) is 0.354. The van der Waals surface area contributed by atoms with Gasteiger partial charge in [0.1, 0.15) is 11.3 Å². The van der Waals surface area contributed by atoms with E-state index in [1.807, 2.05) is 60.4 Å². The van der Waals surface area contributed by atoms with Crippen LogP contribution in [0.15, 0.2) is 68.7 Å². The summed E-state index contributed by atoms with van der Waals surface area (Å²) in [5.74, 6) is 1.55. The topological polar surface area (TPSA) is 62.7 Å². The molecule has 8 heteroatoms. The lowest BCUT2D eigenvalue weighted by Gasteiger charge is -2.35. The first-order valence-corrected chi connectivity index (χ1v) is 11.8. The third-order valence-corrected chi connectivity index (χ3v) is 6.56. The van der Waals surface area contributed by atoms with Crippen LogP contribution in [0, 0.1) is 6.92 Å². The lowest BCUT2D eigenvalue weighted by molar-refractivity contribution is 0.0713. The summed E-state index contributed by atoms with van der Waals surface area (Å²) in [5, 5.41) is 1.31. The number of oxazole rings is 1. The number of halogens is 1. The van der Waals surface area contributed by atoms with Crippen LogP contribution in [0.3, 0.4) is 0 Å². The zero-order chi connectivity index (χ0) is 22.1. The summed E-state index contributed by atoms with van der Waals surface area (Å²) in [7, 11) is 0. The summed E-state index contributed by atoms with van der Waals surface area (Å²) in [5.41, 5.74) is 3.84. The second-order valence-electron chi connectivity index (χ2n) is 7.76. The molecule has 6 nitrogen and oxygen atoms in total. The number of benzene rings is 2. The van der Waals surface area contributed by atoms with Crippen molar-refractivity contribution in [2.75, 3.05) is 31.1 Å². The summed E-state index contributed by atoms with van der Waals surface area (Å²) in [4.78, 5) is 21.5. The van der Waals surface area contributed by atoms with E-state index in [-0.39, 0.29) is 5.91 Å². The molecule has 0 unspecified atom stereocenters. The van der Waals surface area contributed by atoms with Gasteiger partial charge in [-0.25, -0.2) is 4.98 Å². The van der Waals surface area contributed by atoms with Crippen molar-refractivity contribution in [3.05, 3.63) is 76.7 Å². The Morgan fingerprint density at radius 1 is 1.06 bits per heavy atom. The van der Waals surface area contributed by atoms with Crippen molar-refractivity contribution in [3.63, 3.8) is 0 Å². The van der Waals surface area contributed by atoms with Crippen molar-refractivity contribution >= 4 is 46.1 Å². The Kier molecular flexibility index (Phi) is 5.85. The molecule has 1 aliphatic rings. The van der Waals surface area contributed by atoms with Gasteiger partial charge >= 0.3 is 0 Å². The SMILES string of the molecule is Cc1ccc2oc(SCc3ccc(C(=O)N4CCN(c5cccc(Cl)c5)CC4)o3)nc2c1. The van der Waals surface area contributed by atoms with Gasteiger partial charge in [0.25, 0.3) is 11.1 Å². The van der Waals surface area contributed by atoms with E-state index in [1.54, 1.807) is 6.07 Å². The Morgan fingerprint density at radius 3 is 2.72 bits per heavy atom. The van der Waals surface area contributed by atoms with Crippen LogP contribution in [-0.4, -0.2) is 42.0 Å². The van der Waals surface area contributed by atoms with Crippen molar-refractivity contribution in [1.29, 1.82) is 0 Å². The predicted octanol–water partition coefficient (Wildman–Crippen LogP) is 5.64. The monoisotopic (exact) mass is 467 g/mol. The van der Waals surface area contributed by atoms with Crippen molar-refractivity contribution in [3.8, 4) is 0 Å². The van der Waals surface area contributed by atoms with Gasteiger partial charge in [-0.2, -0.15) is 0 Å². The van der Waals surface area contributed by atoms with Crippen LogP contribution in [0.4, 0.5) is 5.69 Å². The molecule has 32 heavy (non-hydrogen) atoms. The van der Waals surface area contributed by atoms with E-state index in [1.165, 1.54) is 11.8 Å². The highest BCUT2D eigenvalue weighted by Gasteiger charge is 2.24. The zero-order valence-electron chi connectivity index (χ0n) is 17.6. The molecule has 0 saturated carbocycles. The third-order valence-electron chi connectivity index (χ3n) is 5.47. The number of aryl methyl sites for hydroxylation is 1. The van der Waals surface area contributed by atoms with Gasteiger partial charge in [-0.1, -0.05) is 35.5 Å². The van der Waals surface area contributed by atoms with Crippen LogP contribution >= 0.6 is 23.4 Å². The van der Waals surface area contributed by atoms with E-state index in [2.05, 4.69) is 9.88 Å². The number of thioether (sulfide) groups is 1. The maximum absolute atomic E-state index is 12.9. The fourth-order valence-corrected chi connectivity index (χ4v) is 4.69. The number of aromatic nitrogens is 1. The van der Waals surface area contributed by atoms with Gasteiger partial charge in [0.05, 0.1) is 5.75 Å². The standard InChI is InChI=1S/C24H22ClN3O3S/c1-16-5-7-21-20(13-16)26-24(31-21)32-15-19-6-8-22(30-19)23(29)28-11-9-27(10-12-28)18-4-2-3-17(25)14-18/h2-8,13-14H,9-12,15H2,1H3. The van der Waals surface area contributed by atoms with Crippen LogP contribution < -0.4 is 4.90 Å². The van der Waals surface area contributed by atoms with Crippen LogP contribution in [-0.2, 0) is 5.75 Å². The number of furan rings is 1. The Bertz CT molecular complexity index is 1260. The minimum absolute atomic E-state index is 0.0793. The molecular weight excluding hydrogens is 446 g/mol. The van der Waals surface area contributed by atoms with Crippen LogP contribution in [0.1, 0.15) is 21.9 Å². The Labute approximate surface area is 195 Å². The largest absolute Gasteiger partial charge is 0.455 e. The molecule has 0 bridgehead atoms. The first-order valence-electron chi connectivity index (χ1n) is 10.4. The van der Waals surface area contributed by atoms with Crippen molar-refractivity contribution in [2.24, 2.45) is 0 Å². The molecule has 1 aliphatic heterocycles. The molecule has 4 aromatic rings. The molecule has 3 heterocycles. The summed E-state index contributed by atoms with van der Waals surface area (Å²) in [6, 6.07) is 17.3. The summed E-state index contributed by atoms with van der Waals surface area (Å²) in [6.45, 7) is 4.82. The predicted molar refractivity (Wildman–Crippen MR) is 127 cm³/mol. The van der Waals surface area contributed by atoms with Gasteiger partial charge in [-0.05, 0) is 55.0 Å². The molecule has 0 spiro atoms. The number of carbonyl (C=O) groups excluding carboxylic acids is 1. The lowest BCUT2D eigenvalue weighted by Crippen LogP contribution is -2.48. The fraction of sp³-hybridized carbons (Fsp3) is 0.250. The maximum atomic E-state index is 12.9. The van der Waals surface area contributed by atoms with Gasteiger partial charge in [-0.3, -0.25) is 4.79 Å². The first-order chi connectivity index (χ1) is 15.5. The molecule has 1 saturated heterocycles. The third kappa shape index (κ3) is 4.49. The average molecular weight is 468 g/mol. The summed E-state index contributed by atoms with van der Waals surface area (Å²) >= 11 is 7.55. The summed E-state index contributed by atoms with van der Waals surface area (Å²) in [6.07, 6.45) is 0. The molecular formula is C24H22ClN3O3S. The number of amides is 1. The highest BCUT2D eigenvalue weighted by Crippen LogP contribution is 2.28. The molecule has 0 N–H and O–H groups in total. The van der Waals surface area contributed by atoms with E-state index in [9.17, 15) is 4.79 Å². The zero-order valence-corrected chi connectivity index (χ0v) is 19.2. The van der Waals surface area contributed by atoms with Gasteiger partial charge in [0, 0.05) is 36.9 Å². The van der Waals surface area contributed by atoms with Crippen LogP contribution in [0.5, 0.6) is 0 Å². The maximum Gasteiger partial charge on any atom is 0.289 e. The molecule has 1 amide bonds. The number of piperazine rings is 1. The van der Waals surface area contributed by atoms with Gasteiger partial charge < -0.3 is 18.6 Å². The normalized spacial score (nSPS) is 14.3. The Morgan fingerprint density at radius 2 is 1.91 bits per heavy atom. The van der Waals surface area contributed by atoms with E-state index >= 15 is 0 Å². The number of fused-ring (bicyclic) bond motifs is 1. The molecule has 1 fully saturated rings. The summed E-state index contributed by atoms with van der Waals surface area (Å²) < 4.78 is 11.6. The molecule has 2 aromatic carbocycles. The van der Waals surface area contributed by atoms with Gasteiger partial charge in [-0.15, -0.1) is 0 Å². The molecule has 164 valence electrons. The molecule has 0 aliphatic carbocycles. The lowest BCUT2D eigenvalue weighted by atomic mass is 10.2. The number of hydrogen-bond acceptors (Lipinski definition) is 6. The minimum Gasteiger partial charge on any atom is -0.455 e. The fourth-order valence-electron chi connectivity index (χ4n) is 3.78. The number of nitrogens with zero attached hydrogens (tertiary/aromatic N) is 3. The Hall–Kier alpha value is -2.90. The van der Waals surface area contributed by atoms with Gasteiger partial charge in [0.15, 0.2) is 11.3 Å². The smallest absolute Gasteiger partial charge is 0.289 e. The van der Waals surface area contributed by atoms with Crippen molar-refractivity contribution < 1.29 is 13.6 Å². The minimum atomic E-state index is -0.0793. The number of carbonyl (C=O) groups is 1. The van der Waals surface area contributed by atoms with E-state index in [4.69, 9.17) is 20.4 Å². The molecule has 2 aromatic heterocycles. The molecule has 0 radical (unpaired) electrons. The first kappa shape index (κ1) is 21.0. The Balaban J connectivity index is 1.17.